The van der Waals surface area contributed by atoms with Crippen molar-refractivity contribution in [3.8, 4) is 17.2 Å². The Morgan fingerprint density at radius 1 is 0.907 bits per heavy atom. The molecule has 0 bridgehead atoms. The van der Waals surface area contributed by atoms with Crippen molar-refractivity contribution in [3.05, 3.63) is 75.5 Å². The highest BCUT2D eigenvalue weighted by Gasteiger charge is 2.29. The van der Waals surface area contributed by atoms with Gasteiger partial charge >= 0.3 is 0 Å². The molecule has 1 saturated carbocycles. The molecule has 3 aromatic heterocycles. The quantitative estimate of drug-likeness (QED) is 0.180. The molecule has 2 unspecified atom stereocenters. The van der Waals surface area contributed by atoms with Crippen molar-refractivity contribution in [2.45, 2.75) is 64.6 Å². The molecule has 2 atom stereocenters. The number of fused-ring (bicyclic) bond motifs is 1. The van der Waals surface area contributed by atoms with Crippen LogP contribution in [0.3, 0.4) is 0 Å². The second kappa shape index (κ2) is 12.5. The number of methoxy groups -OCH3 is 3. The van der Waals surface area contributed by atoms with Gasteiger partial charge in [0.25, 0.3) is 0 Å². The van der Waals surface area contributed by atoms with Crippen LogP contribution in [0, 0.1) is 13.8 Å². The van der Waals surface area contributed by atoms with E-state index < -0.39 is 0 Å². The first-order valence-electron chi connectivity index (χ1n) is 14.5. The fourth-order valence-corrected chi connectivity index (χ4v) is 6.90. The van der Waals surface area contributed by atoms with Crippen LogP contribution in [0.15, 0.2) is 48.9 Å². The number of ether oxygens (including phenoxy) is 3. The summed E-state index contributed by atoms with van der Waals surface area (Å²) in [5, 5.41) is 10.6. The maximum absolute atomic E-state index is 5.77. The highest BCUT2D eigenvalue weighted by atomic mass is 32.1. The van der Waals surface area contributed by atoms with E-state index in [0.717, 1.165) is 65.3 Å². The molecule has 0 aliphatic heterocycles. The molecular formula is C32H37N7O3S. The van der Waals surface area contributed by atoms with E-state index in [1.54, 1.807) is 39.0 Å². The first-order chi connectivity index (χ1) is 21.0. The molecule has 6 rings (SSSR count). The number of aromatic nitrogens is 6. The van der Waals surface area contributed by atoms with Crippen molar-refractivity contribution < 1.29 is 14.2 Å². The molecule has 0 saturated heterocycles. The average Bonchev–Trinajstić information content (AvgIpc) is 3.68. The first kappa shape index (κ1) is 28.9. The summed E-state index contributed by atoms with van der Waals surface area (Å²) >= 11 is 1.80. The van der Waals surface area contributed by atoms with Gasteiger partial charge < -0.3 is 19.1 Å². The zero-order valence-electron chi connectivity index (χ0n) is 25.3. The smallest absolute Gasteiger partial charge is 0.184 e. The average molecular weight is 600 g/mol. The summed E-state index contributed by atoms with van der Waals surface area (Å²) in [6.07, 6.45) is 7.86. The standard InChI is InChI=1S/C32H37N7O3S/c1-20-9-10-23(27(13-20)41-4)17-38(18-24-11-12-26(40-3)15-28(24)42-5)30-29-31(35-19-34-30)39(37-36-29)25-8-6-7-22(14-25)32-33-16-21(2)43-32/h9-13,15-16,19,22,25H,6-8,14,17-18H2,1-5H3. The molecule has 0 spiro atoms. The highest BCUT2D eigenvalue weighted by Crippen LogP contribution is 2.41. The summed E-state index contributed by atoms with van der Waals surface area (Å²) in [5.41, 5.74) is 4.58. The van der Waals surface area contributed by atoms with Crippen LogP contribution >= 0.6 is 11.3 Å². The Hall–Kier alpha value is -4.25. The summed E-state index contributed by atoms with van der Waals surface area (Å²) in [4.78, 5) is 17.6. The maximum Gasteiger partial charge on any atom is 0.184 e. The molecule has 10 nitrogen and oxygen atoms in total. The molecule has 1 aliphatic carbocycles. The lowest BCUT2D eigenvalue weighted by Gasteiger charge is -2.28. The second-order valence-corrected chi connectivity index (χ2v) is 12.3. The highest BCUT2D eigenvalue weighted by molar-refractivity contribution is 7.11. The minimum Gasteiger partial charge on any atom is -0.497 e. The van der Waals surface area contributed by atoms with Gasteiger partial charge in [0.2, 0.25) is 0 Å². The summed E-state index contributed by atoms with van der Waals surface area (Å²) in [6.45, 7) is 5.22. The van der Waals surface area contributed by atoms with Gasteiger partial charge in [-0.05, 0) is 56.9 Å². The van der Waals surface area contributed by atoms with Crippen LogP contribution in [-0.4, -0.2) is 51.3 Å². The van der Waals surface area contributed by atoms with Gasteiger partial charge in [-0.25, -0.2) is 19.6 Å². The van der Waals surface area contributed by atoms with Crippen molar-refractivity contribution in [2.75, 3.05) is 26.2 Å². The zero-order valence-corrected chi connectivity index (χ0v) is 26.1. The Bertz CT molecular complexity index is 1720. The molecule has 5 aromatic rings. The third-order valence-electron chi connectivity index (χ3n) is 8.18. The second-order valence-electron chi connectivity index (χ2n) is 11.1. The number of aryl methyl sites for hydroxylation is 2. The fourth-order valence-electron chi connectivity index (χ4n) is 5.98. The maximum atomic E-state index is 5.77. The fraction of sp³-hybridized carbons (Fsp3) is 0.406. The number of anilines is 1. The molecule has 224 valence electrons. The molecule has 3 heterocycles. The predicted octanol–water partition coefficient (Wildman–Crippen LogP) is 6.43. The van der Waals surface area contributed by atoms with Gasteiger partial charge in [-0.2, -0.15) is 0 Å². The van der Waals surface area contributed by atoms with Crippen LogP contribution in [0.1, 0.15) is 64.2 Å². The molecule has 0 radical (unpaired) electrons. The molecule has 0 N–H and O–H groups in total. The van der Waals surface area contributed by atoms with E-state index in [-0.39, 0.29) is 6.04 Å². The normalized spacial score (nSPS) is 16.8. The molecule has 1 fully saturated rings. The van der Waals surface area contributed by atoms with E-state index in [1.807, 2.05) is 29.1 Å². The van der Waals surface area contributed by atoms with E-state index in [2.05, 4.69) is 47.3 Å². The zero-order chi connectivity index (χ0) is 29.9. The number of thiazole rings is 1. The Kier molecular flexibility index (Phi) is 8.42. The monoisotopic (exact) mass is 599 g/mol. The minimum absolute atomic E-state index is 0.197. The van der Waals surface area contributed by atoms with Crippen LogP contribution in [0.4, 0.5) is 5.82 Å². The van der Waals surface area contributed by atoms with Gasteiger partial charge in [-0.3, -0.25) is 0 Å². The van der Waals surface area contributed by atoms with Gasteiger partial charge in [-0.15, -0.1) is 16.4 Å². The van der Waals surface area contributed by atoms with E-state index in [0.29, 0.717) is 30.3 Å². The van der Waals surface area contributed by atoms with Crippen molar-refractivity contribution in [2.24, 2.45) is 0 Å². The van der Waals surface area contributed by atoms with Crippen LogP contribution in [0.2, 0.25) is 0 Å². The number of hydrogen-bond donors (Lipinski definition) is 0. The topological polar surface area (TPSA) is 100 Å². The van der Waals surface area contributed by atoms with Crippen LogP contribution in [-0.2, 0) is 13.1 Å². The summed E-state index contributed by atoms with van der Waals surface area (Å²) < 4.78 is 19.0. The van der Waals surface area contributed by atoms with E-state index in [9.17, 15) is 0 Å². The molecule has 2 aromatic carbocycles. The largest absolute Gasteiger partial charge is 0.497 e. The number of rotatable bonds is 10. The third-order valence-corrected chi connectivity index (χ3v) is 9.26. The Morgan fingerprint density at radius 2 is 1.67 bits per heavy atom. The number of hydrogen-bond acceptors (Lipinski definition) is 10. The minimum atomic E-state index is 0.197. The first-order valence-corrected chi connectivity index (χ1v) is 15.4. The Labute approximate surface area is 255 Å². The van der Waals surface area contributed by atoms with Crippen molar-refractivity contribution in [1.29, 1.82) is 0 Å². The van der Waals surface area contributed by atoms with Gasteiger partial charge in [-0.1, -0.05) is 23.8 Å². The van der Waals surface area contributed by atoms with Crippen molar-refractivity contribution in [1.82, 2.24) is 29.9 Å². The van der Waals surface area contributed by atoms with E-state index in [4.69, 9.17) is 29.2 Å². The molecule has 43 heavy (non-hydrogen) atoms. The van der Waals surface area contributed by atoms with Crippen molar-refractivity contribution >= 4 is 28.3 Å². The van der Waals surface area contributed by atoms with Crippen molar-refractivity contribution in [3.63, 3.8) is 0 Å². The third kappa shape index (κ3) is 5.99. The summed E-state index contributed by atoms with van der Waals surface area (Å²) in [5.74, 6) is 3.43. The van der Waals surface area contributed by atoms with Gasteiger partial charge in [0.05, 0.1) is 32.4 Å². The molecule has 0 amide bonds. The van der Waals surface area contributed by atoms with Crippen LogP contribution in [0.5, 0.6) is 17.2 Å². The predicted molar refractivity (Wildman–Crippen MR) is 167 cm³/mol. The van der Waals surface area contributed by atoms with Gasteiger partial charge in [0, 0.05) is 47.3 Å². The Morgan fingerprint density at radius 3 is 2.40 bits per heavy atom. The molecular weight excluding hydrogens is 562 g/mol. The van der Waals surface area contributed by atoms with E-state index >= 15 is 0 Å². The van der Waals surface area contributed by atoms with E-state index in [1.165, 1.54) is 9.88 Å². The lowest BCUT2D eigenvalue weighted by atomic mass is 9.86. The number of nitrogens with zero attached hydrogens (tertiary/aromatic N) is 7. The SMILES string of the molecule is COc1ccc(CN(Cc2ccc(C)cc2OC)c2ncnc3c2nnn3C2CCCC(c3ncc(C)s3)C2)c(OC)c1. The number of benzene rings is 2. The lowest BCUT2D eigenvalue weighted by Crippen LogP contribution is -2.24. The van der Waals surface area contributed by atoms with Gasteiger partial charge in [0.1, 0.15) is 23.6 Å². The molecule has 1 aliphatic rings. The Balaban J connectivity index is 1.38. The summed E-state index contributed by atoms with van der Waals surface area (Å²) in [6, 6.07) is 12.3. The summed E-state index contributed by atoms with van der Waals surface area (Å²) in [7, 11) is 5.02. The van der Waals surface area contributed by atoms with Crippen LogP contribution in [0.25, 0.3) is 11.2 Å². The lowest BCUT2D eigenvalue weighted by molar-refractivity contribution is 0.300. The van der Waals surface area contributed by atoms with Gasteiger partial charge in [0.15, 0.2) is 17.0 Å². The molecule has 11 heteroatoms. The van der Waals surface area contributed by atoms with Crippen LogP contribution < -0.4 is 19.1 Å².